The summed E-state index contributed by atoms with van der Waals surface area (Å²) >= 11 is 0. The standard InChI is InChI=1S/C19H22N4O3/c1-25-16-4-2-3-14(11-16)18(24)23-6-5-15-12-20-19(21-17(15)13-23)22-7-9-26-10-8-22/h2-4,11-12H,5-10,13H2,1H3. The number of anilines is 1. The minimum absolute atomic E-state index is 0.00100. The number of methoxy groups -OCH3 is 1. The topological polar surface area (TPSA) is 67.8 Å². The quantitative estimate of drug-likeness (QED) is 0.833. The SMILES string of the molecule is COc1cccc(C(=O)N2CCc3cnc(N4CCOCC4)nc3C2)c1. The average molecular weight is 354 g/mol. The summed E-state index contributed by atoms with van der Waals surface area (Å²) in [6.07, 6.45) is 2.68. The van der Waals surface area contributed by atoms with Crippen LogP contribution in [0.4, 0.5) is 5.95 Å². The van der Waals surface area contributed by atoms with Crippen LogP contribution in [0.3, 0.4) is 0 Å². The number of ether oxygens (including phenoxy) is 2. The third kappa shape index (κ3) is 3.35. The average Bonchev–Trinajstić information content (AvgIpc) is 2.73. The summed E-state index contributed by atoms with van der Waals surface area (Å²) in [4.78, 5) is 26.1. The molecule has 0 aliphatic carbocycles. The van der Waals surface area contributed by atoms with Crippen molar-refractivity contribution in [1.29, 1.82) is 0 Å². The first kappa shape index (κ1) is 16.8. The number of amides is 1. The number of carbonyl (C=O) groups excluding carboxylic acids is 1. The molecule has 0 saturated carbocycles. The second-order valence-corrected chi connectivity index (χ2v) is 6.45. The Morgan fingerprint density at radius 3 is 2.88 bits per heavy atom. The Morgan fingerprint density at radius 1 is 1.23 bits per heavy atom. The maximum Gasteiger partial charge on any atom is 0.254 e. The number of fused-ring (bicyclic) bond motifs is 1. The molecular formula is C19H22N4O3. The van der Waals surface area contributed by atoms with Gasteiger partial charge in [0.2, 0.25) is 5.95 Å². The van der Waals surface area contributed by atoms with Crippen LogP contribution < -0.4 is 9.64 Å². The van der Waals surface area contributed by atoms with E-state index in [1.165, 1.54) is 0 Å². The number of rotatable bonds is 3. The van der Waals surface area contributed by atoms with E-state index in [-0.39, 0.29) is 5.91 Å². The van der Waals surface area contributed by atoms with Gasteiger partial charge in [-0.05, 0) is 30.2 Å². The minimum Gasteiger partial charge on any atom is -0.497 e. The molecule has 1 amide bonds. The van der Waals surface area contributed by atoms with Crippen molar-refractivity contribution in [3.63, 3.8) is 0 Å². The lowest BCUT2D eigenvalue weighted by atomic mass is 10.1. The zero-order valence-electron chi connectivity index (χ0n) is 14.9. The second-order valence-electron chi connectivity index (χ2n) is 6.45. The van der Waals surface area contributed by atoms with E-state index in [4.69, 9.17) is 14.5 Å². The Kier molecular flexibility index (Phi) is 4.71. The normalized spacial score (nSPS) is 17.0. The van der Waals surface area contributed by atoms with E-state index in [0.717, 1.165) is 36.7 Å². The van der Waals surface area contributed by atoms with E-state index in [1.54, 1.807) is 13.2 Å². The highest BCUT2D eigenvalue weighted by atomic mass is 16.5. The molecule has 1 aromatic heterocycles. The Labute approximate surface area is 152 Å². The molecule has 1 saturated heterocycles. The summed E-state index contributed by atoms with van der Waals surface area (Å²) in [5, 5.41) is 0. The van der Waals surface area contributed by atoms with E-state index in [0.29, 0.717) is 37.6 Å². The molecule has 7 heteroatoms. The smallest absolute Gasteiger partial charge is 0.254 e. The van der Waals surface area contributed by atoms with Gasteiger partial charge in [-0.1, -0.05) is 6.07 Å². The maximum atomic E-state index is 12.9. The molecule has 1 fully saturated rings. The minimum atomic E-state index is 0.00100. The first-order chi connectivity index (χ1) is 12.7. The number of carbonyl (C=O) groups is 1. The highest BCUT2D eigenvalue weighted by molar-refractivity contribution is 5.94. The molecule has 0 atom stereocenters. The molecule has 26 heavy (non-hydrogen) atoms. The van der Waals surface area contributed by atoms with Gasteiger partial charge in [-0.2, -0.15) is 0 Å². The van der Waals surface area contributed by atoms with Gasteiger partial charge in [0.15, 0.2) is 0 Å². The van der Waals surface area contributed by atoms with Gasteiger partial charge in [0.05, 0.1) is 32.6 Å². The van der Waals surface area contributed by atoms with Crippen LogP contribution >= 0.6 is 0 Å². The zero-order valence-corrected chi connectivity index (χ0v) is 14.9. The third-order valence-corrected chi connectivity index (χ3v) is 4.83. The summed E-state index contributed by atoms with van der Waals surface area (Å²) in [5.74, 6) is 1.41. The molecule has 4 rings (SSSR count). The molecule has 2 aromatic rings. The van der Waals surface area contributed by atoms with E-state index in [1.807, 2.05) is 29.3 Å². The van der Waals surface area contributed by atoms with E-state index >= 15 is 0 Å². The van der Waals surface area contributed by atoms with E-state index in [9.17, 15) is 4.79 Å². The Balaban J connectivity index is 1.53. The second kappa shape index (κ2) is 7.29. The van der Waals surface area contributed by atoms with Crippen LogP contribution in [-0.4, -0.2) is 60.7 Å². The van der Waals surface area contributed by atoms with Crippen molar-refractivity contribution >= 4 is 11.9 Å². The van der Waals surface area contributed by atoms with Crippen molar-refractivity contribution in [1.82, 2.24) is 14.9 Å². The van der Waals surface area contributed by atoms with Gasteiger partial charge in [0, 0.05) is 31.4 Å². The van der Waals surface area contributed by atoms with Crippen molar-refractivity contribution in [2.24, 2.45) is 0 Å². The van der Waals surface area contributed by atoms with Gasteiger partial charge >= 0.3 is 0 Å². The number of benzene rings is 1. The number of morpholine rings is 1. The summed E-state index contributed by atoms with van der Waals surface area (Å²) in [6, 6.07) is 7.27. The highest BCUT2D eigenvalue weighted by Gasteiger charge is 2.25. The van der Waals surface area contributed by atoms with Crippen LogP contribution in [-0.2, 0) is 17.7 Å². The first-order valence-electron chi connectivity index (χ1n) is 8.85. The molecule has 1 aromatic carbocycles. The van der Waals surface area contributed by atoms with E-state index in [2.05, 4.69) is 9.88 Å². The molecule has 2 aliphatic rings. The lowest BCUT2D eigenvalue weighted by molar-refractivity contribution is 0.0731. The summed E-state index contributed by atoms with van der Waals surface area (Å²) in [7, 11) is 1.60. The molecule has 136 valence electrons. The lowest BCUT2D eigenvalue weighted by Gasteiger charge is -2.30. The fourth-order valence-corrected chi connectivity index (χ4v) is 3.32. The summed E-state index contributed by atoms with van der Waals surface area (Å²) in [5.41, 5.74) is 2.69. The van der Waals surface area contributed by atoms with Gasteiger partial charge in [0.1, 0.15) is 5.75 Å². The van der Waals surface area contributed by atoms with Crippen molar-refractivity contribution < 1.29 is 14.3 Å². The molecule has 0 unspecified atom stereocenters. The Bertz CT molecular complexity index is 805. The van der Waals surface area contributed by atoms with Gasteiger partial charge < -0.3 is 19.3 Å². The largest absolute Gasteiger partial charge is 0.497 e. The molecular weight excluding hydrogens is 332 g/mol. The first-order valence-corrected chi connectivity index (χ1v) is 8.85. The Morgan fingerprint density at radius 2 is 2.08 bits per heavy atom. The monoisotopic (exact) mass is 354 g/mol. The predicted molar refractivity (Wildman–Crippen MR) is 96.5 cm³/mol. The maximum absolute atomic E-state index is 12.9. The number of hydrogen-bond donors (Lipinski definition) is 0. The highest BCUT2D eigenvalue weighted by Crippen LogP contribution is 2.22. The molecule has 0 radical (unpaired) electrons. The fourth-order valence-electron chi connectivity index (χ4n) is 3.32. The van der Waals surface area contributed by atoms with Gasteiger partial charge in [-0.3, -0.25) is 4.79 Å². The van der Waals surface area contributed by atoms with Crippen molar-refractivity contribution in [3.8, 4) is 5.75 Å². The molecule has 0 spiro atoms. The number of hydrogen-bond acceptors (Lipinski definition) is 6. The predicted octanol–water partition coefficient (Wildman–Crippen LogP) is 1.52. The van der Waals surface area contributed by atoms with Crippen LogP contribution in [0.15, 0.2) is 30.5 Å². The van der Waals surface area contributed by atoms with Crippen LogP contribution in [0.25, 0.3) is 0 Å². The molecule has 0 bridgehead atoms. The number of aromatic nitrogens is 2. The third-order valence-electron chi connectivity index (χ3n) is 4.83. The van der Waals surface area contributed by atoms with E-state index < -0.39 is 0 Å². The van der Waals surface area contributed by atoms with Crippen LogP contribution in [0.5, 0.6) is 5.75 Å². The molecule has 2 aliphatic heterocycles. The zero-order chi connectivity index (χ0) is 17.9. The molecule has 7 nitrogen and oxygen atoms in total. The number of nitrogens with zero attached hydrogens (tertiary/aromatic N) is 4. The van der Waals surface area contributed by atoms with Crippen molar-refractivity contribution in [3.05, 3.63) is 47.3 Å². The van der Waals surface area contributed by atoms with Gasteiger partial charge in [-0.25, -0.2) is 9.97 Å². The summed E-state index contributed by atoms with van der Waals surface area (Å²) < 4.78 is 10.6. The molecule has 3 heterocycles. The lowest BCUT2D eigenvalue weighted by Crippen LogP contribution is -2.39. The van der Waals surface area contributed by atoms with Crippen LogP contribution in [0, 0.1) is 0 Å². The van der Waals surface area contributed by atoms with Crippen molar-refractivity contribution in [2.45, 2.75) is 13.0 Å². The van der Waals surface area contributed by atoms with Gasteiger partial charge in [0.25, 0.3) is 5.91 Å². The molecule has 0 N–H and O–H groups in total. The van der Waals surface area contributed by atoms with Crippen LogP contribution in [0.2, 0.25) is 0 Å². The fraction of sp³-hybridized carbons (Fsp3) is 0.421. The Hall–Kier alpha value is -2.67. The van der Waals surface area contributed by atoms with Crippen LogP contribution in [0.1, 0.15) is 21.6 Å². The van der Waals surface area contributed by atoms with Crippen molar-refractivity contribution in [2.75, 3.05) is 44.9 Å². The van der Waals surface area contributed by atoms with Gasteiger partial charge in [-0.15, -0.1) is 0 Å². The summed E-state index contributed by atoms with van der Waals surface area (Å²) in [6.45, 7) is 4.16.